The van der Waals surface area contributed by atoms with E-state index in [0.717, 1.165) is 11.1 Å². The third kappa shape index (κ3) is 7.33. The molecule has 0 aliphatic heterocycles. The summed E-state index contributed by atoms with van der Waals surface area (Å²) in [4.78, 5) is 12.8. The first-order valence-corrected chi connectivity index (χ1v) is 14.4. The maximum absolute atomic E-state index is 13.6. The lowest BCUT2D eigenvalue weighted by Gasteiger charge is -2.21. The lowest BCUT2D eigenvalue weighted by molar-refractivity contribution is -0.112. The van der Waals surface area contributed by atoms with E-state index in [4.69, 9.17) is 39.2 Å². The molecule has 1 aromatic heterocycles. The Kier molecular flexibility index (Phi) is 9.36. The monoisotopic (exact) mass is 613 g/mol. The second-order valence-electron chi connectivity index (χ2n) is 8.77. The van der Waals surface area contributed by atoms with Crippen molar-refractivity contribution in [2.24, 2.45) is 0 Å². The number of furan rings is 1. The summed E-state index contributed by atoms with van der Waals surface area (Å²) >= 11 is 17.9. The minimum atomic E-state index is -3.91. The van der Waals surface area contributed by atoms with E-state index in [0.29, 0.717) is 21.5 Å². The third-order valence-electron chi connectivity index (χ3n) is 5.77. The van der Waals surface area contributed by atoms with Crippen molar-refractivity contribution >= 4 is 62.5 Å². The van der Waals surface area contributed by atoms with Gasteiger partial charge in [0.2, 0.25) is 10.0 Å². The number of hydrogen-bond donors (Lipinski definition) is 1. The highest BCUT2D eigenvalue weighted by Gasteiger charge is 2.26. The van der Waals surface area contributed by atoms with Gasteiger partial charge in [-0.1, -0.05) is 64.6 Å². The summed E-state index contributed by atoms with van der Waals surface area (Å²) in [5, 5.41) is 13.3. The van der Waals surface area contributed by atoms with Gasteiger partial charge in [-0.2, -0.15) is 9.57 Å². The fourth-order valence-electron chi connectivity index (χ4n) is 3.67. The molecule has 0 spiro atoms. The van der Waals surface area contributed by atoms with E-state index in [1.807, 2.05) is 13.0 Å². The molecule has 0 saturated heterocycles. The van der Waals surface area contributed by atoms with Gasteiger partial charge in [0.05, 0.1) is 21.5 Å². The van der Waals surface area contributed by atoms with Crippen molar-refractivity contribution in [3.63, 3.8) is 0 Å². The molecule has 4 aromatic rings. The summed E-state index contributed by atoms with van der Waals surface area (Å²) in [6.07, 6.45) is 1.27. The van der Waals surface area contributed by atoms with Gasteiger partial charge in [0.1, 0.15) is 23.2 Å². The van der Waals surface area contributed by atoms with Crippen LogP contribution in [0.3, 0.4) is 0 Å². The van der Waals surface area contributed by atoms with Gasteiger partial charge in [-0.15, -0.1) is 0 Å². The van der Waals surface area contributed by atoms with Crippen molar-refractivity contribution in [3.05, 3.63) is 122 Å². The highest BCUT2D eigenvalue weighted by molar-refractivity contribution is 7.89. The highest BCUT2D eigenvalue weighted by atomic mass is 35.5. The first-order chi connectivity index (χ1) is 19.0. The molecule has 0 saturated carbocycles. The molecule has 1 N–H and O–H groups in total. The molecule has 4 rings (SSSR count). The first-order valence-electron chi connectivity index (χ1n) is 11.8. The molecular weight excluding hydrogens is 593 g/mol. The van der Waals surface area contributed by atoms with E-state index in [9.17, 15) is 18.5 Å². The molecule has 0 unspecified atom stereocenters. The average molecular weight is 615 g/mol. The number of nitrogens with zero attached hydrogens (tertiary/aromatic N) is 2. The van der Waals surface area contributed by atoms with Crippen LogP contribution in [0.15, 0.2) is 93.7 Å². The number of nitriles is 1. The van der Waals surface area contributed by atoms with Crippen LogP contribution in [0.2, 0.25) is 15.1 Å². The Morgan fingerprint density at radius 2 is 1.65 bits per heavy atom. The molecule has 0 bridgehead atoms. The SMILES string of the molecule is Cc1ccc(S(=O)(=O)N(Cc2ccc(Cl)cc2)Cc2ccc(/C=C(/C#N)C(=O)Nc3ccc(Cl)c(Cl)c3)o2)cc1. The normalized spacial score (nSPS) is 11.8. The number of aryl methyl sites for hydroxylation is 1. The van der Waals surface area contributed by atoms with E-state index in [1.54, 1.807) is 66.7 Å². The number of nitrogens with one attached hydrogen (secondary N) is 1. The van der Waals surface area contributed by atoms with Crippen molar-refractivity contribution in [2.45, 2.75) is 24.9 Å². The molecule has 3 aromatic carbocycles. The number of halogens is 3. The molecule has 0 atom stereocenters. The molecule has 0 fully saturated rings. The summed E-state index contributed by atoms with van der Waals surface area (Å²) in [6, 6.07) is 23.0. The van der Waals surface area contributed by atoms with Gasteiger partial charge in [-0.05, 0) is 67.1 Å². The largest absolute Gasteiger partial charge is 0.460 e. The van der Waals surface area contributed by atoms with E-state index in [-0.39, 0.29) is 34.3 Å². The van der Waals surface area contributed by atoms with Crippen LogP contribution in [-0.4, -0.2) is 18.6 Å². The average Bonchev–Trinajstić information content (AvgIpc) is 3.37. The maximum Gasteiger partial charge on any atom is 0.266 e. The zero-order valence-corrected chi connectivity index (χ0v) is 24.2. The zero-order chi connectivity index (χ0) is 28.9. The molecular formula is C29H22Cl3N3O4S. The Morgan fingerprint density at radius 1 is 0.950 bits per heavy atom. The van der Waals surface area contributed by atoms with E-state index in [2.05, 4.69) is 5.32 Å². The number of carbonyl (C=O) groups excluding carboxylic acids is 1. The van der Waals surface area contributed by atoms with Crippen molar-refractivity contribution in [1.29, 1.82) is 5.26 Å². The smallest absolute Gasteiger partial charge is 0.266 e. The molecule has 11 heteroatoms. The fourth-order valence-corrected chi connectivity index (χ4v) is 5.49. The van der Waals surface area contributed by atoms with Gasteiger partial charge < -0.3 is 9.73 Å². The molecule has 7 nitrogen and oxygen atoms in total. The molecule has 1 amide bonds. The van der Waals surface area contributed by atoms with Gasteiger partial charge >= 0.3 is 0 Å². The minimum Gasteiger partial charge on any atom is -0.460 e. The Hall–Kier alpha value is -3.58. The Bertz CT molecular complexity index is 1710. The number of sulfonamides is 1. The zero-order valence-electron chi connectivity index (χ0n) is 21.1. The summed E-state index contributed by atoms with van der Waals surface area (Å²) in [6.45, 7) is 1.85. The topological polar surface area (TPSA) is 103 Å². The molecule has 40 heavy (non-hydrogen) atoms. The first kappa shape index (κ1) is 29.4. The van der Waals surface area contributed by atoms with E-state index in [1.165, 1.54) is 22.5 Å². The van der Waals surface area contributed by atoms with Gasteiger partial charge in [-0.25, -0.2) is 8.42 Å². The van der Waals surface area contributed by atoms with Crippen LogP contribution in [0.4, 0.5) is 5.69 Å². The Morgan fingerprint density at radius 3 is 2.30 bits per heavy atom. The van der Waals surface area contributed by atoms with Crippen LogP contribution < -0.4 is 5.32 Å². The lowest BCUT2D eigenvalue weighted by atomic mass is 10.2. The maximum atomic E-state index is 13.6. The fraction of sp³-hybridized carbons (Fsp3) is 0.103. The summed E-state index contributed by atoms with van der Waals surface area (Å²) < 4.78 is 34.3. The molecule has 204 valence electrons. The van der Waals surface area contributed by atoms with Gasteiger partial charge in [-0.3, -0.25) is 4.79 Å². The second-order valence-corrected chi connectivity index (χ2v) is 12.0. The number of benzene rings is 3. The number of amides is 1. The van der Waals surface area contributed by atoms with Crippen LogP contribution in [0.1, 0.15) is 22.6 Å². The molecule has 0 aliphatic rings. The van der Waals surface area contributed by atoms with Crippen molar-refractivity contribution in [2.75, 3.05) is 5.32 Å². The predicted octanol–water partition coefficient (Wildman–Crippen LogP) is 7.49. The third-order valence-corrected chi connectivity index (χ3v) is 8.57. The van der Waals surface area contributed by atoms with Crippen LogP contribution in [-0.2, 0) is 27.9 Å². The van der Waals surface area contributed by atoms with E-state index >= 15 is 0 Å². The Labute approximate surface area is 247 Å². The number of rotatable bonds is 9. The lowest BCUT2D eigenvalue weighted by Crippen LogP contribution is -2.30. The Balaban J connectivity index is 1.57. The van der Waals surface area contributed by atoms with Crippen LogP contribution in [0, 0.1) is 18.3 Å². The van der Waals surface area contributed by atoms with Crippen molar-refractivity contribution in [3.8, 4) is 6.07 Å². The minimum absolute atomic E-state index is 0.0642. The number of anilines is 1. The second kappa shape index (κ2) is 12.7. The number of hydrogen-bond acceptors (Lipinski definition) is 5. The molecule has 0 radical (unpaired) electrons. The van der Waals surface area contributed by atoms with Crippen LogP contribution in [0.5, 0.6) is 0 Å². The van der Waals surface area contributed by atoms with Gasteiger partial charge in [0, 0.05) is 23.3 Å². The standard InChI is InChI=1S/C29H22Cl3N3O4S/c1-19-2-11-26(12-3-19)40(37,38)35(17-20-4-6-22(30)7-5-20)18-25-10-9-24(39-25)14-21(16-33)29(36)34-23-8-13-27(31)28(32)15-23/h2-15H,17-18H2,1H3,(H,34,36)/b21-14-. The highest BCUT2D eigenvalue weighted by Crippen LogP contribution is 2.26. The van der Waals surface area contributed by atoms with Gasteiger partial charge in [0.15, 0.2) is 0 Å². The van der Waals surface area contributed by atoms with Crippen molar-refractivity contribution in [1.82, 2.24) is 4.31 Å². The quantitative estimate of drug-likeness (QED) is 0.155. The summed E-state index contributed by atoms with van der Waals surface area (Å²) in [7, 11) is -3.91. The van der Waals surface area contributed by atoms with E-state index < -0.39 is 15.9 Å². The summed E-state index contributed by atoms with van der Waals surface area (Å²) in [5.41, 5.74) is 1.80. The van der Waals surface area contributed by atoms with Crippen LogP contribution >= 0.6 is 34.8 Å². The van der Waals surface area contributed by atoms with Crippen molar-refractivity contribution < 1.29 is 17.6 Å². The van der Waals surface area contributed by atoms with Crippen LogP contribution in [0.25, 0.3) is 6.08 Å². The number of carbonyl (C=O) groups is 1. The van der Waals surface area contributed by atoms with Gasteiger partial charge in [0.25, 0.3) is 5.91 Å². The predicted molar refractivity (Wildman–Crippen MR) is 156 cm³/mol. The molecule has 0 aliphatic carbocycles. The summed E-state index contributed by atoms with van der Waals surface area (Å²) in [5.74, 6) is -0.154. The molecule has 1 heterocycles.